The van der Waals surface area contributed by atoms with Gasteiger partial charge in [-0.05, 0) is 19.2 Å². The Morgan fingerprint density at radius 2 is 2.33 bits per heavy atom. The number of aromatic nitrogens is 1. The number of methoxy groups -OCH3 is 1. The standard InChI is InChI=1S/C10H14N2O2S/c1-7(15-3)10(13)12-8-4-5-9(14-2)11-6-8/h4-7H,1-3H3,(H,12,13). The number of nitrogens with zero attached hydrogens (tertiary/aromatic N) is 1. The van der Waals surface area contributed by atoms with Crippen molar-refractivity contribution in [3.8, 4) is 5.88 Å². The third-order valence-corrected chi connectivity index (χ3v) is 2.86. The van der Waals surface area contributed by atoms with Crippen LogP contribution < -0.4 is 10.1 Å². The van der Waals surface area contributed by atoms with Crippen LogP contribution in [-0.4, -0.2) is 29.5 Å². The minimum atomic E-state index is -0.0629. The van der Waals surface area contributed by atoms with E-state index in [1.807, 2.05) is 13.2 Å². The summed E-state index contributed by atoms with van der Waals surface area (Å²) in [6.45, 7) is 1.86. The number of pyridine rings is 1. The Morgan fingerprint density at radius 1 is 1.60 bits per heavy atom. The summed E-state index contributed by atoms with van der Waals surface area (Å²) in [6.07, 6.45) is 3.47. The summed E-state index contributed by atoms with van der Waals surface area (Å²) >= 11 is 1.50. The van der Waals surface area contributed by atoms with Crippen LogP contribution in [0.3, 0.4) is 0 Å². The van der Waals surface area contributed by atoms with E-state index >= 15 is 0 Å². The molecule has 0 bridgehead atoms. The van der Waals surface area contributed by atoms with E-state index in [1.165, 1.54) is 11.8 Å². The molecule has 0 aliphatic rings. The number of thioether (sulfide) groups is 1. The summed E-state index contributed by atoms with van der Waals surface area (Å²) < 4.78 is 4.91. The lowest BCUT2D eigenvalue weighted by molar-refractivity contribution is -0.115. The highest BCUT2D eigenvalue weighted by molar-refractivity contribution is 7.99. The van der Waals surface area contributed by atoms with E-state index in [4.69, 9.17) is 4.74 Å². The highest BCUT2D eigenvalue weighted by Gasteiger charge is 2.10. The lowest BCUT2D eigenvalue weighted by Gasteiger charge is -2.09. The van der Waals surface area contributed by atoms with Crippen molar-refractivity contribution in [2.45, 2.75) is 12.2 Å². The molecule has 1 aromatic rings. The Balaban J connectivity index is 2.61. The Hall–Kier alpha value is -1.23. The quantitative estimate of drug-likeness (QED) is 0.850. The van der Waals surface area contributed by atoms with Crippen LogP contribution in [0.15, 0.2) is 18.3 Å². The molecule has 0 fully saturated rings. The Kier molecular flexibility index (Phi) is 4.42. The van der Waals surface area contributed by atoms with Crippen molar-refractivity contribution in [1.29, 1.82) is 0 Å². The van der Waals surface area contributed by atoms with Crippen LogP contribution in [0.1, 0.15) is 6.92 Å². The number of nitrogens with one attached hydrogen (secondary N) is 1. The van der Waals surface area contributed by atoms with E-state index in [-0.39, 0.29) is 11.2 Å². The molecule has 1 amide bonds. The topological polar surface area (TPSA) is 51.2 Å². The maximum Gasteiger partial charge on any atom is 0.237 e. The van der Waals surface area contributed by atoms with Crippen molar-refractivity contribution >= 4 is 23.4 Å². The van der Waals surface area contributed by atoms with Crippen molar-refractivity contribution in [2.75, 3.05) is 18.7 Å². The molecule has 1 aromatic heterocycles. The van der Waals surface area contributed by atoms with Crippen molar-refractivity contribution in [3.05, 3.63) is 18.3 Å². The predicted molar refractivity (Wildman–Crippen MR) is 62.4 cm³/mol. The lowest BCUT2D eigenvalue weighted by atomic mass is 10.3. The number of amides is 1. The van der Waals surface area contributed by atoms with Gasteiger partial charge in [-0.3, -0.25) is 4.79 Å². The lowest BCUT2D eigenvalue weighted by Crippen LogP contribution is -2.22. The van der Waals surface area contributed by atoms with Gasteiger partial charge in [0.1, 0.15) is 0 Å². The Morgan fingerprint density at radius 3 is 2.80 bits per heavy atom. The maximum absolute atomic E-state index is 11.5. The number of hydrogen-bond acceptors (Lipinski definition) is 4. The zero-order chi connectivity index (χ0) is 11.3. The van der Waals surface area contributed by atoms with Crippen molar-refractivity contribution in [1.82, 2.24) is 4.98 Å². The van der Waals surface area contributed by atoms with Gasteiger partial charge in [0.2, 0.25) is 11.8 Å². The van der Waals surface area contributed by atoms with Crippen LogP contribution in [0.5, 0.6) is 5.88 Å². The summed E-state index contributed by atoms with van der Waals surface area (Å²) in [7, 11) is 1.55. The molecule has 1 rings (SSSR count). The maximum atomic E-state index is 11.5. The first-order valence-electron chi connectivity index (χ1n) is 4.51. The zero-order valence-electron chi connectivity index (χ0n) is 8.98. The molecular formula is C10H14N2O2S. The van der Waals surface area contributed by atoms with E-state index in [1.54, 1.807) is 25.4 Å². The number of carbonyl (C=O) groups is 1. The molecule has 82 valence electrons. The smallest absolute Gasteiger partial charge is 0.237 e. The van der Waals surface area contributed by atoms with Gasteiger partial charge in [0.15, 0.2) is 0 Å². The summed E-state index contributed by atoms with van der Waals surface area (Å²) in [6, 6.07) is 3.47. The van der Waals surface area contributed by atoms with Crippen molar-refractivity contribution in [3.63, 3.8) is 0 Å². The number of hydrogen-bond donors (Lipinski definition) is 1. The van der Waals surface area contributed by atoms with Crippen LogP contribution in [0.2, 0.25) is 0 Å². The minimum absolute atomic E-state index is 0.0190. The van der Waals surface area contributed by atoms with Crippen LogP contribution in [0, 0.1) is 0 Å². The minimum Gasteiger partial charge on any atom is -0.481 e. The van der Waals surface area contributed by atoms with Crippen LogP contribution in [-0.2, 0) is 4.79 Å². The van der Waals surface area contributed by atoms with E-state index in [2.05, 4.69) is 10.3 Å². The third kappa shape index (κ3) is 3.43. The average molecular weight is 226 g/mol. The van der Waals surface area contributed by atoms with Crippen molar-refractivity contribution < 1.29 is 9.53 Å². The van der Waals surface area contributed by atoms with Gasteiger partial charge in [0.25, 0.3) is 0 Å². The molecular weight excluding hydrogens is 212 g/mol. The first-order valence-corrected chi connectivity index (χ1v) is 5.80. The van der Waals surface area contributed by atoms with E-state index in [0.29, 0.717) is 11.6 Å². The van der Waals surface area contributed by atoms with Crippen LogP contribution in [0.4, 0.5) is 5.69 Å². The monoisotopic (exact) mass is 226 g/mol. The number of carbonyl (C=O) groups excluding carboxylic acids is 1. The van der Waals surface area contributed by atoms with E-state index < -0.39 is 0 Å². The fourth-order valence-electron chi connectivity index (χ4n) is 0.926. The number of ether oxygens (including phenoxy) is 1. The van der Waals surface area contributed by atoms with Crippen molar-refractivity contribution in [2.24, 2.45) is 0 Å². The molecule has 1 unspecified atom stereocenters. The molecule has 1 heterocycles. The molecule has 0 aliphatic carbocycles. The highest BCUT2D eigenvalue weighted by Crippen LogP contribution is 2.13. The van der Waals surface area contributed by atoms with Gasteiger partial charge in [-0.2, -0.15) is 11.8 Å². The van der Waals surface area contributed by atoms with Gasteiger partial charge in [-0.15, -0.1) is 0 Å². The highest BCUT2D eigenvalue weighted by atomic mass is 32.2. The van der Waals surface area contributed by atoms with Crippen LogP contribution >= 0.6 is 11.8 Å². The summed E-state index contributed by atoms with van der Waals surface area (Å²) in [5, 5.41) is 2.70. The molecule has 0 radical (unpaired) electrons. The van der Waals surface area contributed by atoms with Gasteiger partial charge < -0.3 is 10.1 Å². The molecule has 0 saturated carbocycles. The summed E-state index contributed by atoms with van der Waals surface area (Å²) in [5.74, 6) is 0.514. The zero-order valence-corrected chi connectivity index (χ0v) is 9.80. The molecule has 0 saturated heterocycles. The normalized spacial score (nSPS) is 11.9. The second kappa shape index (κ2) is 5.60. The summed E-state index contributed by atoms with van der Waals surface area (Å²) in [4.78, 5) is 15.5. The van der Waals surface area contributed by atoms with Gasteiger partial charge in [0, 0.05) is 6.07 Å². The first kappa shape index (κ1) is 11.8. The summed E-state index contributed by atoms with van der Waals surface area (Å²) in [5.41, 5.74) is 0.682. The Labute approximate surface area is 93.4 Å². The Bertz CT molecular complexity index is 327. The fourth-order valence-corrected chi connectivity index (χ4v) is 1.20. The van der Waals surface area contributed by atoms with E-state index in [9.17, 15) is 4.79 Å². The second-order valence-corrected chi connectivity index (χ2v) is 4.13. The predicted octanol–water partition coefficient (Wildman–Crippen LogP) is 1.78. The molecule has 1 N–H and O–H groups in total. The van der Waals surface area contributed by atoms with Gasteiger partial charge in [-0.1, -0.05) is 0 Å². The largest absolute Gasteiger partial charge is 0.481 e. The SMILES string of the molecule is COc1ccc(NC(=O)C(C)SC)cn1. The van der Waals surface area contributed by atoms with Gasteiger partial charge in [0.05, 0.1) is 24.2 Å². The molecule has 0 aliphatic heterocycles. The van der Waals surface area contributed by atoms with Gasteiger partial charge >= 0.3 is 0 Å². The molecule has 1 atom stereocenters. The molecule has 15 heavy (non-hydrogen) atoms. The first-order chi connectivity index (χ1) is 7.17. The number of anilines is 1. The molecule has 4 nitrogen and oxygen atoms in total. The third-order valence-electron chi connectivity index (χ3n) is 1.94. The molecule has 0 spiro atoms. The molecule has 0 aromatic carbocycles. The van der Waals surface area contributed by atoms with Gasteiger partial charge in [-0.25, -0.2) is 4.98 Å². The second-order valence-electron chi connectivity index (χ2n) is 2.96. The van der Waals surface area contributed by atoms with E-state index in [0.717, 1.165) is 0 Å². The molecule has 5 heteroatoms. The fraction of sp³-hybridized carbons (Fsp3) is 0.400. The van der Waals surface area contributed by atoms with Crippen LogP contribution in [0.25, 0.3) is 0 Å². The average Bonchev–Trinajstić information content (AvgIpc) is 2.29. The number of rotatable bonds is 4.